The van der Waals surface area contributed by atoms with E-state index in [9.17, 15) is 4.79 Å². The quantitative estimate of drug-likeness (QED) is 0.861. The lowest BCUT2D eigenvalue weighted by molar-refractivity contribution is -0.116. The van der Waals surface area contributed by atoms with Crippen LogP contribution < -0.4 is 10.6 Å². The number of rotatable bonds is 5. The smallest absolute Gasteiger partial charge is 0.224 e. The normalized spacial score (nSPS) is 21.3. The summed E-state index contributed by atoms with van der Waals surface area (Å²) in [6.07, 6.45) is 5.52. The molecule has 1 aromatic carbocycles. The number of nitrogens with zero attached hydrogens (tertiary/aromatic N) is 1. The summed E-state index contributed by atoms with van der Waals surface area (Å²) in [5, 5.41) is 15.4. The molecule has 0 aromatic heterocycles. The number of anilines is 2. The maximum absolute atomic E-state index is 11.6. The number of hydrogen-bond donors (Lipinski definition) is 2. The molecule has 2 rings (SSSR count). The summed E-state index contributed by atoms with van der Waals surface area (Å²) < 4.78 is 0. The van der Waals surface area contributed by atoms with Crippen molar-refractivity contribution >= 4 is 17.3 Å². The SMILES string of the molecule is CCCC(=O)Nc1cccc(N[C@@H]2CCC[C@H](C#N)C2)c1. The average Bonchev–Trinajstić information content (AvgIpc) is 2.48. The highest BCUT2D eigenvalue weighted by molar-refractivity contribution is 5.91. The summed E-state index contributed by atoms with van der Waals surface area (Å²) in [6.45, 7) is 1.99. The highest BCUT2D eigenvalue weighted by Gasteiger charge is 2.21. The Morgan fingerprint density at radius 2 is 2.19 bits per heavy atom. The topological polar surface area (TPSA) is 64.9 Å². The molecule has 4 heteroatoms. The van der Waals surface area contributed by atoms with Gasteiger partial charge in [-0.25, -0.2) is 0 Å². The predicted octanol–water partition coefficient (Wildman–Crippen LogP) is 3.92. The first kappa shape index (κ1) is 15.4. The molecule has 0 radical (unpaired) electrons. The van der Waals surface area contributed by atoms with Crippen LogP contribution in [0.3, 0.4) is 0 Å². The first-order valence-electron chi connectivity index (χ1n) is 7.77. The number of benzene rings is 1. The van der Waals surface area contributed by atoms with Crippen LogP contribution in [0, 0.1) is 17.2 Å². The minimum atomic E-state index is 0.0526. The van der Waals surface area contributed by atoms with Crippen LogP contribution in [0.5, 0.6) is 0 Å². The summed E-state index contributed by atoms with van der Waals surface area (Å²) in [5.74, 6) is 0.223. The molecule has 1 fully saturated rings. The molecule has 0 saturated heterocycles. The Balaban J connectivity index is 1.94. The Labute approximate surface area is 126 Å². The Hall–Kier alpha value is -2.02. The molecule has 1 aliphatic rings. The summed E-state index contributed by atoms with van der Waals surface area (Å²) in [4.78, 5) is 11.6. The van der Waals surface area contributed by atoms with E-state index in [1.54, 1.807) is 0 Å². The Bertz CT molecular complexity index is 521. The number of carbonyl (C=O) groups is 1. The predicted molar refractivity (Wildman–Crippen MR) is 85.0 cm³/mol. The van der Waals surface area contributed by atoms with Crippen molar-refractivity contribution < 1.29 is 4.79 Å². The highest BCUT2D eigenvalue weighted by Crippen LogP contribution is 2.27. The first-order valence-corrected chi connectivity index (χ1v) is 7.77. The molecule has 0 unspecified atom stereocenters. The monoisotopic (exact) mass is 285 g/mol. The van der Waals surface area contributed by atoms with Crippen molar-refractivity contribution in [1.29, 1.82) is 5.26 Å². The molecule has 2 N–H and O–H groups in total. The Kier molecular flexibility index (Phi) is 5.62. The molecule has 0 aliphatic heterocycles. The number of carbonyl (C=O) groups excluding carboxylic acids is 1. The fourth-order valence-corrected chi connectivity index (χ4v) is 2.81. The van der Waals surface area contributed by atoms with Gasteiger partial charge in [0.2, 0.25) is 5.91 Å². The average molecular weight is 285 g/mol. The van der Waals surface area contributed by atoms with Crippen molar-refractivity contribution in [2.75, 3.05) is 10.6 Å². The van der Waals surface area contributed by atoms with Gasteiger partial charge in [-0.3, -0.25) is 4.79 Å². The summed E-state index contributed by atoms with van der Waals surface area (Å²) in [7, 11) is 0. The van der Waals surface area contributed by atoms with Crippen molar-refractivity contribution in [3.05, 3.63) is 24.3 Å². The second-order valence-electron chi connectivity index (χ2n) is 5.71. The van der Waals surface area contributed by atoms with Crippen molar-refractivity contribution in [2.24, 2.45) is 5.92 Å². The van der Waals surface area contributed by atoms with E-state index >= 15 is 0 Å². The second kappa shape index (κ2) is 7.68. The van der Waals surface area contributed by atoms with Crippen molar-refractivity contribution in [3.63, 3.8) is 0 Å². The van der Waals surface area contributed by atoms with E-state index in [0.29, 0.717) is 12.5 Å². The van der Waals surface area contributed by atoms with Crippen LogP contribution in [-0.2, 0) is 4.79 Å². The van der Waals surface area contributed by atoms with Gasteiger partial charge in [0.15, 0.2) is 0 Å². The van der Waals surface area contributed by atoms with Gasteiger partial charge in [0.25, 0.3) is 0 Å². The van der Waals surface area contributed by atoms with E-state index in [2.05, 4.69) is 16.7 Å². The molecular weight excluding hydrogens is 262 g/mol. The number of hydrogen-bond acceptors (Lipinski definition) is 3. The zero-order valence-electron chi connectivity index (χ0n) is 12.6. The highest BCUT2D eigenvalue weighted by atomic mass is 16.1. The molecule has 2 atom stereocenters. The molecule has 1 aromatic rings. The third kappa shape index (κ3) is 4.78. The molecule has 1 amide bonds. The van der Waals surface area contributed by atoms with Gasteiger partial charge in [-0.2, -0.15) is 5.26 Å². The van der Waals surface area contributed by atoms with Crippen molar-refractivity contribution in [1.82, 2.24) is 0 Å². The largest absolute Gasteiger partial charge is 0.382 e. The van der Waals surface area contributed by atoms with Gasteiger partial charge < -0.3 is 10.6 Å². The molecule has 1 saturated carbocycles. The summed E-state index contributed by atoms with van der Waals surface area (Å²) >= 11 is 0. The molecule has 4 nitrogen and oxygen atoms in total. The van der Waals surface area contributed by atoms with Gasteiger partial charge >= 0.3 is 0 Å². The van der Waals surface area contributed by atoms with Crippen LogP contribution in [-0.4, -0.2) is 11.9 Å². The zero-order chi connectivity index (χ0) is 15.1. The minimum Gasteiger partial charge on any atom is -0.382 e. The van der Waals surface area contributed by atoms with Crippen LogP contribution in [0.25, 0.3) is 0 Å². The maximum Gasteiger partial charge on any atom is 0.224 e. The molecule has 0 spiro atoms. The lowest BCUT2D eigenvalue weighted by Crippen LogP contribution is -2.26. The van der Waals surface area contributed by atoms with Gasteiger partial charge in [0.05, 0.1) is 6.07 Å². The van der Waals surface area contributed by atoms with Gasteiger partial charge in [0, 0.05) is 29.8 Å². The van der Waals surface area contributed by atoms with Crippen LogP contribution >= 0.6 is 0 Å². The summed E-state index contributed by atoms with van der Waals surface area (Å²) in [6, 6.07) is 10.5. The molecule has 0 heterocycles. The number of nitriles is 1. The minimum absolute atomic E-state index is 0.0526. The lowest BCUT2D eigenvalue weighted by Gasteiger charge is -2.27. The summed E-state index contributed by atoms with van der Waals surface area (Å²) in [5.41, 5.74) is 1.83. The maximum atomic E-state index is 11.6. The van der Waals surface area contributed by atoms with Crippen molar-refractivity contribution in [2.45, 2.75) is 51.5 Å². The lowest BCUT2D eigenvalue weighted by atomic mass is 9.86. The van der Waals surface area contributed by atoms with Crippen LogP contribution in [0.4, 0.5) is 11.4 Å². The van der Waals surface area contributed by atoms with E-state index in [1.807, 2.05) is 31.2 Å². The number of nitrogens with one attached hydrogen (secondary N) is 2. The van der Waals surface area contributed by atoms with Gasteiger partial charge in [-0.15, -0.1) is 0 Å². The van der Waals surface area contributed by atoms with Gasteiger partial charge in [-0.1, -0.05) is 19.4 Å². The Morgan fingerprint density at radius 1 is 1.38 bits per heavy atom. The molecule has 21 heavy (non-hydrogen) atoms. The van der Waals surface area contributed by atoms with Gasteiger partial charge in [0.1, 0.15) is 0 Å². The molecule has 112 valence electrons. The molecular formula is C17H23N3O. The second-order valence-corrected chi connectivity index (χ2v) is 5.71. The molecule has 1 aliphatic carbocycles. The van der Waals surface area contributed by atoms with E-state index in [0.717, 1.165) is 43.5 Å². The fourth-order valence-electron chi connectivity index (χ4n) is 2.81. The third-order valence-electron chi connectivity index (χ3n) is 3.85. The first-order chi connectivity index (χ1) is 10.2. The fraction of sp³-hybridized carbons (Fsp3) is 0.529. The standard InChI is InChI=1S/C17H23N3O/c1-2-5-17(21)20-16-9-4-8-15(11-16)19-14-7-3-6-13(10-14)12-18/h4,8-9,11,13-14,19H,2-3,5-7,10H2,1H3,(H,20,21)/t13-,14+/m0/s1. The van der Waals surface area contributed by atoms with Gasteiger partial charge in [-0.05, 0) is 43.9 Å². The zero-order valence-corrected chi connectivity index (χ0v) is 12.6. The van der Waals surface area contributed by atoms with E-state index < -0.39 is 0 Å². The van der Waals surface area contributed by atoms with Crippen LogP contribution in [0.2, 0.25) is 0 Å². The van der Waals surface area contributed by atoms with E-state index in [-0.39, 0.29) is 11.8 Å². The third-order valence-corrected chi connectivity index (χ3v) is 3.85. The number of amides is 1. The Morgan fingerprint density at radius 3 is 2.95 bits per heavy atom. The molecule has 0 bridgehead atoms. The van der Waals surface area contributed by atoms with Crippen LogP contribution in [0.15, 0.2) is 24.3 Å². The van der Waals surface area contributed by atoms with Crippen LogP contribution in [0.1, 0.15) is 45.4 Å². The van der Waals surface area contributed by atoms with E-state index in [1.165, 1.54) is 0 Å². The van der Waals surface area contributed by atoms with Crippen molar-refractivity contribution in [3.8, 4) is 6.07 Å². The van der Waals surface area contributed by atoms with E-state index in [4.69, 9.17) is 5.26 Å².